The summed E-state index contributed by atoms with van der Waals surface area (Å²) in [4.78, 5) is 10.8. The Morgan fingerprint density at radius 3 is 2.42 bits per heavy atom. The fraction of sp³-hybridized carbons (Fsp3) is 0.875. The molecule has 1 saturated carbocycles. The maximum atomic E-state index is 10.8. The van der Waals surface area contributed by atoms with Crippen molar-refractivity contribution in [3.05, 3.63) is 0 Å². The van der Waals surface area contributed by atoms with Crippen LogP contribution in [0, 0.1) is 5.92 Å². The lowest BCUT2D eigenvalue weighted by Crippen LogP contribution is -2.38. The Morgan fingerprint density at radius 1 is 1.42 bits per heavy atom. The number of carboxylic acids is 1. The van der Waals surface area contributed by atoms with Gasteiger partial charge in [-0.3, -0.25) is 4.79 Å². The van der Waals surface area contributed by atoms with E-state index in [1.54, 1.807) is 0 Å². The minimum absolute atomic E-state index is 0.341. The Morgan fingerprint density at radius 2 is 2.00 bits per heavy atom. The molecule has 2 N–H and O–H groups in total. The van der Waals surface area contributed by atoms with Crippen molar-refractivity contribution < 1.29 is 9.90 Å². The van der Waals surface area contributed by atoms with E-state index in [0.717, 1.165) is 12.8 Å². The van der Waals surface area contributed by atoms with E-state index in [1.807, 2.05) is 22.9 Å². The molecule has 0 aromatic rings. The summed E-state index contributed by atoms with van der Waals surface area (Å²) in [6, 6.07) is -0.342. The fourth-order valence-corrected chi connectivity index (χ4v) is 2.58. The van der Waals surface area contributed by atoms with Crippen molar-refractivity contribution in [2.75, 3.05) is 0 Å². The van der Waals surface area contributed by atoms with Crippen molar-refractivity contribution >= 4 is 28.8 Å². The maximum absolute atomic E-state index is 10.8. The molecule has 3 nitrogen and oxygen atoms in total. The van der Waals surface area contributed by atoms with Gasteiger partial charge in [0.15, 0.2) is 0 Å². The first-order valence-corrected chi connectivity index (χ1v) is 5.42. The molecule has 1 rings (SSSR count). The van der Waals surface area contributed by atoms with E-state index in [0.29, 0.717) is 5.92 Å². The quantitative estimate of drug-likeness (QED) is 0.615. The number of nitrogens with one attached hydrogen (secondary N) is 1. The third-order valence-corrected chi connectivity index (χ3v) is 3.18. The highest BCUT2D eigenvalue weighted by molar-refractivity contribution is 14.1. The number of hydrogen-bond acceptors (Lipinski definition) is 2. The average molecular weight is 283 g/mol. The van der Waals surface area contributed by atoms with Crippen LogP contribution in [0.15, 0.2) is 0 Å². The van der Waals surface area contributed by atoms with Gasteiger partial charge in [-0.05, 0) is 18.8 Å². The summed E-state index contributed by atoms with van der Waals surface area (Å²) in [5.74, 6) is -0.371. The molecule has 12 heavy (non-hydrogen) atoms. The SMILES string of the molecule is O=C(O)[C@H](NI)C1CCCCC1. The van der Waals surface area contributed by atoms with Crippen LogP contribution in [0.3, 0.4) is 0 Å². The first-order chi connectivity index (χ1) is 5.75. The molecular formula is C8H14INO2. The van der Waals surface area contributed by atoms with Crippen LogP contribution in [-0.4, -0.2) is 17.1 Å². The van der Waals surface area contributed by atoms with Crippen molar-refractivity contribution in [3.63, 3.8) is 0 Å². The molecule has 0 bridgehead atoms. The lowest BCUT2D eigenvalue weighted by atomic mass is 9.84. The topological polar surface area (TPSA) is 49.3 Å². The molecule has 1 aliphatic rings. The lowest BCUT2D eigenvalue weighted by molar-refractivity contribution is -0.140. The van der Waals surface area contributed by atoms with E-state index in [4.69, 9.17) is 5.11 Å². The molecule has 0 heterocycles. The highest BCUT2D eigenvalue weighted by atomic mass is 127. The summed E-state index contributed by atoms with van der Waals surface area (Å²) in [7, 11) is 0. The number of rotatable bonds is 3. The van der Waals surface area contributed by atoms with Gasteiger partial charge in [-0.1, -0.05) is 19.3 Å². The average Bonchev–Trinajstić information content (AvgIpc) is 2.07. The maximum Gasteiger partial charge on any atom is 0.321 e. The molecule has 0 aromatic heterocycles. The van der Waals surface area contributed by atoms with Crippen LogP contribution >= 0.6 is 22.9 Å². The molecule has 0 saturated heterocycles. The Kier molecular flexibility index (Phi) is 4.28. The molecule has 0 amide bonds. The van der Waals surface area contributed by atoms with Gasteiger partial charge in [-0.15, -0.1) is 0 Å². The second-order valence-electron chi connectivity index (χ2n) is 3.32. The summed E-state index contributed by atoms with van der Waals surface area (Å²) >= 11 is 1.94. The van der Waals surface area contributed by atoms with Gasteiger partial charge in [0.2, 0.25) is 0 Å². The Hall–Kier alpha value is 0.160. The highest BCUT2D eigenvalue weighted by Crippen LogP contribution is 2.26. The van der Waals surface area contributed by atoms with Gasteiger partial charge in [0.05, 0.1) is 0 Å². The second kappa shape index (κ2) is 5.01. The number of hydrogen-bond donors (Lipinski definition) is 2. The third-order valence-electron chi connectivity index (χ3n) is 2.50. The second-order valence-corrected chi connectivity index (χ2v) is 3.95. The van der Waals surface area contributed by atoms with Crippen molar-refractivity contribution in [2.45, 2.75) is 38.1 Å². The molecule has 4 heteroatoms. The monoisotopic (exact) mass is 283 g/mol. The van der Waals surface area contributed by atoms with Crippen LogP contribution in [0.2, 0.25) is 0 Å². The molecule has 0 spiro atoms. The van der Waals surface area contributed by atoms with Crippen LogP contribution in [0.4, 0.5) is 0 Å². The highest BCUT2D eigenvalue weighted by Gasteiger charge is 2.27. The zero-order chi connectivity index (χ0) is 8.97. The summed E-state index contributed by atoms with van der Waals surface area (Å²) in [5, 5.41) is 8.86. The predicted octanol–water partition coefficient (Wildman–Crippen LogP) is 1.96. The van der Waals surface area contributed by atoms with E-state index in [2.05, 4.69) is 3.53 Å². The molecule has 1 aliphatic carbocycles. The third kappa shape index (κ3) is 2.58. The summed E-state index contributed by atoms with van der Waals surface area (Å²) < 4.78 is 2.84. The normalized spacial score (nSPS) is 22.1. The number of carbonyl (C=O) groups is 1. The zero-order valence-corrected chi connectivity index (χ0v) is 9.08. The molecule has 0 radical (unpaired) electrons. The van der Waals surface area contributed by atoms with Gasteiger partial charge in [-0.2, -0.15) is 0 Å². The predicted molar refractivity (Wildman–Crippen MR) is 55.2 cm³/mol. The number of carboxylic acid groups (broad SMARTS) is 1. The van der Waals surface area contributed by atoms with Gasteiger partial charge in [0, 0.05) is 22.9 Å². The smallest absolute Gasteiger partial charge is 0.321 e. The Bertz CT molecular complexity index is 157. The van der Waals surface area contributed by atoms with Crippen LogP contribution in [0.5, 0.6) is 0 Å². The summed E-state index contributed by atoms with van der Waals surface area (Å²) in [6.07, 6.45) is 5.77. The van der Waals surface area contributed by atoms with E-state index >= 15 is 0 Å². The Labute approximate surface area is 86.4 Å². The largest absolute Gasteiger partial charge is 0.480 e. The van der Waals surface area contributed by atoms with Gasteiger partial charge >= 0.3 is 5.97 Å². The molecule has 70 valence electrons. The first-order valence-electron chi connectivity index (χ1n) is 4.34. The molecule has 0 aromatic carbocycles. The van der Waals surface area contributed by atoms with Gasteiger partial charge < -0.3 is 5.11 Å². The van der Waals surface area contributed by atoms with Crippen LogP contribution in [0.1, 0.15) is 32.1 Å². The van der Waals surface area contributed by atoms with Gasteiger partial charge in [0.25, 0.3) is 0 Å². The van der Waals surface area contributed by atoms with E-state index in [-0.39, 0.29) is 6.04 Å². The molecule has 0 aliphatic heterocycles. The van der Waals surface area contributed by atoms with E-state index < -0.39 is 5.97 Å². The summed E-state index contributed by atoms with van der Waals surface area (Å²) in [5.41, 5.74) is 0. The van der Waals surface area contributed by atoms with Crippen LogP contribution in [0.25, 0.3) is 0 Å². The Balaban J connectivity index is 2.46. The standard InChI is InChI=1S/C8H14INO2/c9-10-7(8(11)12)6-4-2-1-3-5-6/h6-7,10H,1-5H2,(H,11,12)/t7-/m1/s1. The summed E-state index contributed by atoms with van der Waals surface area (Å²) in [6.45, 7) is 0. The molecule has 1 atom stereocenters. The number of halogens is 1. The zero-order valence-electron chi connectivity index (χ0n) is 6.92. The molecule has 1 fully saturated rings. The molecular weight excluding hydrogens is 269 g/mol. The van der Waals surface area contributed by atoms with E-state index in [9.17, 15) is 4.79 Å². The van der Waals surface area contributed by atoms with Crippen LogP contribution < -0.4 is 3.53 Å². The van der Waals surface area contributed by atoms with Crippen LogP contribution in [-0.2, 0) is 4.79 Å². The van der Waals surface area contributed by atoms with E-state index in [1.165, 1.54) is 19.3 Å². The lowest BCUT2D eigenvalue weighted by Gasteiger charge is -2.26. The first kappa shape index (κ1) is 10.2. The minimum atomic E-state index is -0.712. The minimum Gasteiger partial charge on any atom is -0.480 e. The van der Waals surface area contributed by atoms with Crippen molar-refractivity contribution in [1.82, 2.24) is 3.53 Å². The van der Waals surface area contributed by atoms with Gasteiger partial charge in [0.1, 0.15) is 6.04 Å². The van der Waals surface area contributed by atoms with Crippen molar-refractivity contribution in [3.8, 4) is 0 Å². The number of aliphatic carboxylic acids is 1. The van der Waals surface area contributed by atoms with Crippen molar-refractivity contribution in [2.24, 2.45) is 5.92 Å². The molecule has 0 unspecified atom stereocenters. The fourth-order valence-electron chi connectivity index (χ4n) is 1.80. The van der Waals surface area contributed by atoms with Crippen molar-refractivity contribution in [1.29, 1.82) is 0 Å². The van der Waals surface area contributed by atoms with Gasteiger partial charge in [-0.25, -0.2) is 3.53 Å².